The smallest absolute Gasteiger partial charge is 0.338 e. The maximum absolute atomic E-state index is 13.0. The Bertz CT molecular complexity index is 882. The molecule has 6 nitrogen and oxygen atoms in total. The molecular weight excluding hydrogens is 368 g/mol. The van der Waals surface area contributed by atoms with Crippen LogP contribution < -0.4 is 0 Å². The summed E-state index contributed by atoms with van der Waals surface area (Å²) in [6, 6.07) is 9.01. The minimum atomic E-state index is -0.307. The summed E-state index contributed by atoms with van der Waals surface area (Å²) in [5.41, 5.74) is 3.38. The molecule has 1 spiro atoms. The lowest BCUT2D eigenvalue weighted by atomic mass is 9.68. The van der Waals surface area contributed by atoms with Gasteiger partial charge in [-0.05, 0) is 43.2 Å². The summed E-state index contributed by atoms with van der Waals surface area (Å²) in [6.45, 7) is 4.47. The number of Topliss-reactive ketones (excluding diaryl/α,β-unsaturated/α-hetero) is 1. The molecule has 2 aliphatic rings. The number of ether oxygens (including phenoxy) is 2. The van der Waals surface area contributed by atoms with Gasteiger partial charge in [0.05, 0.1) is 29.1 Å². The van der Waals surface area contributed by atoms with E-state index >= 15 is 0 Å². The molecule has 2 aromatic rings. The molecule has 0 N–H and O–H groups in total. The predicted octanol–water partition coefficient (Wildman–Crippen LogP) is 3.62. The minimum absolute atomic E-state index is 0.0188. The van der Waals surface area contributed by atoms with Crippen LogP contribution in [0.5, 0.6) is 0 Å². The first-order valence-electron chi connectivity index (χ1n) is 10.5. The number of carbonyl (C=O) groups excluding carboxylic acids is 2. The number of aromatic nitrogens is 2. The van der Waals surface area contributed by atoms with Crippen LogP contribution in [-0.4, -0.2) is 41.4 Å². The van der Waals surface area contributed by atoms with Gasteiger partial charge in [0, 0.05) is 32.6 Å². The highest BCUT2D eigenvalue weighted by molar-refractivity contribution is 5.99. The van der Waals surface area contributed by atoms with E-state index in [0.717, 1.165) is 55.8 Å². The molecule has 0 amide bonds. The summed E-state index contributed by atoms with van der Waals surface area (Å²) in [7, 11) is 0. The van der Waals surface area contributed by atoms with Crippen molar-refractivity contribution in [3.05, 3.63) is 52.8 Å². The van der Waals surface area contributed by atoms with Crippen molar-refractivity contribution in [1.82, 2.24) is 9.78 Å². The van der Waals surface area contributed by atoms with Gasteiger partial charge in [0.1, 0.15) is 0 Å². The van der Waals surface area contributed by atoms with Gasteiger partial charge in [-0.1, -0.05) is 25.1 Å². The number of aryl methyl sites for hydroxylation is 2. The average molecular weight is 396 g/mol. The topological polar surface area (TPSA) is 70.4 Å². The van der Waals surface area contributed by atoms with Crippen molar-refractivity contribution in [2.24, 2.45) is 5.41 Å². The van der Waals surface area contributed by atoms with Crippen LogP contribution in [0.2, 0.25) is 0 Å². The molecule has 1 aliphatic heterocycles. The quantitative estimate of drug-likeness (QED) is 0.551. The van der Waals surface area contributed by atoms with Gasteiger partial charge in [-0.3, -0.25) is 9.48 Å². The summed E-state index contributed by atoms with van der Waals surface area (Å²) < 4.78 is 12.9. The van der Waals surface area contributed by atoms with Crippen LogP contribution in [0.1, 0.15) is 64.7 Å². The van der Waals surface area contributed by atoms with E-state index in [1.54, 1.807) is 12.1 Å². The van der Waals surface area contributed by atoms with Crippen molar-refractivity contribution in [3.8, 4) is 0 Å². The molecule has 0 saturated carbocycles. The molecule has 6 heteroatoms. The third-order valence-corrected chi connectivity index (χ3v) is 6.13. The molecule has 1 aromatic heterocycles. The molecule has 1 fully saturated rings. The van der Waals surface area contributed by atoms with E-state index in [-0.39, 0.29) is 17.2 Å². The molecule has 2 heterocycles. The van der Waals surface area contributed by atoms with E-state index < -0.39 is 0 Å². The fourth-order valence-electron chi connectivity index (χ4n) is 4.53. The zero-order valence-corrected chi connectivity index (χ0v) is 17.0. The van der Waals surface area contributed by atoms with Crippen LogP contribution in [0.4, 0.5) is 0 Å². The van der Waals surface area contributed by atoms with E-state index in [9.17, 15) is 9.59 Å². The van der Waals surface area contributed by atoms with Gasteiger partial charge in [0.15, 0.2) is 5.78 Å². The third-order valence-electron chi connectivity index (χ3n) is 6.13. The largest absolute Gasteiger partial charge is 0.462 e. The van der Waals surface area contributed by atoms with Gasteiger partial charge in [-0.15, -0.1) is 0 Å². The summed E-state index contributed by atoms with van der Waals surface area (Å²) in [6.07, 6.45) is 4.77. The first kappa shape index (κ1) is 19.8. The number of benzene rings is 1. The second kappa shape index (κ2) is 8.49. The van der Waals surface area contributed by atoms with E-state index in [4.69, 9.17) is 14.6 Å². The Labute approximate surface area is 171 Å². The van der Waals surface area contributed by atoms with Crippen LogP contribution >= 0.6 is 0 Å². The second-order valence-electron chi connectivity index (χ2n) is 8.09. The number of carbonyl (C=O) groups is 2. The van der Waals surface area contributed by atoms with Crippen molar-refractivity contribution >= 4 is 11.8 Å². The SMILES string of the molecule is CCc1nn(CCCOC(=O)c2ccccc2)c2c1C(=O)CC1(CCOCC1)C2. The monoisotopic (exact) mass is 396 g/mol. The minimum Gasteiger partial charge on any atom is -0.462 e. The van der Waals surface area contributed by atoms with Gasteiger partial charge in [0.2, 0.25) is 0 Å². The lowest BCUT2D eigenvalue weighted by Crippen LogP contribution is -2.38. The molecule has 29 heavy (non-hydrogen) atoms. The van der Waals surface area contributed by atoms with Crippen molar-refractivity contribution < 1.29 is 19.1 Å². The number of esters is 1. The second-order valence-corrected chi connectivity index (χ2v) is 8.09. The van der Waals surface area contributed by atoms with Crippen LogP contribution in [0.25, 0.3) is 0 Å². The molecule has 1 saturated heterocycles. The number of hydrogen-bond acceptors (Lipinski definition) is 5. The average Bonchev–Trinajstić information content (AvgIpc) is 3.10. The Morgan fingerprint density at radius 3 is 2.69 bits per heavy atom. The fraction of sp³-hybridized carbons (Fsp3) is 0.522. The van der Waals surface area contributed by atoms with E-state index in [2.05, 4.69) is 0 Å². The molecule has 4 rings (SSSR count). The molecule has 0 unspecified atom stereocenters. The number of hydrogen-bond donors (Lipinski definition) is 0. The van der Waals surface area contributed by atoms with Crippen molar-refractivity contribution in [1.29, 1.82) is 0 Å². The fourth-order valence-corrected chi connectivity index (χ4v) is 4.53. The van der Waals surface area contributed by atoms with Crippen molar-refractivity contribution in [3.63, 3.8) is 0 Å². The highest BCUT2D eigenvalue weighted by Crippen LogP contribution is 2.43. The number of nitrogens with zero attached hydrogens (tertiary/aromatic N) is 2. The summed E-state index contributed by atoms with van der Waals surface area (Å²) in [4.78, 5) is 25.0. The van der Waals surface area contributed by atoms with Gasteiger partial charge >= 0.3 is 5.97 Å². The summed E-state index contributed by atoms with van der Waals surface area (Å²) in [5.74, 6) is -0.0783. The molecule has 1 aliphatic carbocycles. The Morgan fingerprint density at radius 1 is 1.21 bits per heavy atom. The van der Waals surface area contributed by atoms with E-state index in [0.29, 0.717) is 31.6 Å². The van der Waals surface area contributed by atoms with Crippen LogP contribution in [-0.2, 0) is 28.9 Å². The zero-order valence-electron chi connectivity index (χ0n) is 17.0. The molecule has 0 atom stereocenters. The molecule has 0 radical (unpaired) electrons. The maximum atomic E-state index is 13.0. The Kier molecular flexibility index (Phi) is 5.81. The van der Waals surface area contributed by atoms with Gasteiger partial charge in [-0.25, -0.2) is 4.79 Å². The molecular formula is C23H28N2O4. The molecule has 1 aromatic carbocycles. The maximum Gasteiger partial charge on any atom is 0.338 e. The highest BCUT2D eigenvalue weighted by atomic mass is 16.5. The number of ketones is 1. The first-order valence-corrected chi connectivity index (χ1v) is 10.5. The summed E-state index contributed by atoms with van der Waals surface area (Å²) in [5, 5.41) is 4.74. The molecule has 0 bridgehead atoms. The lowest BCUT2D eigenvalue weighted by Gasteiger charge is -2.39. The van der Waals surface area contributed by atoms with Crippen LogP contribution in [0.3, 0.4) is 0 Å². The third kappa shape index (κ3) is 4.13. The molecule has 154 valence electrons. The first-order chi connectivity index (χ1) is 14.1. The Morgan fingerprint density at radius 2 is 1.97 bits per heavy atom. The number of fused-ring (bicyclic) bond motifs is 1. The standard InChI is InChI=1S/C23H28N2O4/c1-2-18-21-19(15-23(16-20(21)26)9-13-28-14-10-23)25(24-18)11-6-12-29-22(27)17-7-4-3-5-8-17/h3-5,7-8H,2,6,9-16H2,1H3. The van der Waals surface area contributed by atoms with Crippen LogP contribution in [0, 0.1) is 5.41 Å². The zero-order chi connectivity index (χ0) is 20.3. The Hall–Kier alpha value is -2.47. The number of rotatable bonds is 6. The van der Waals surface area contributed by atoms with E-state index in [1.165, 1.54) is 0 Å². The van der Waals surface area contributed by atoms with Gasteiger partial charge in [-0.2, -0.15) is 5.10 Å². The Balaban J connectivity index is 1.43. The van der Waals surface area contributed by atoms with Gasteiger partial charge < -0.3 is 9.47 Å². The van der Waals surface area contributed by atoms with Gasteiger partial charge in [0.25, 0.3) is 0 Å². The van der Waals surface area contributed by atoms with Crippen LogP contribution in [0.15, 0.2) is 30.3 Å². The summed E-state index contributed by atoms with van der Waals surface area (Å²) >= 11 is 0. The normalized spacial score (nSPS) is 17.9. The van der Waals surface area contributed by atoms with E-state index in [1.807, 2.05) is 29.8 Å². The predicted molar refractivity (Wildman–Crippen MR) is 108 cm³/mol. The lowest BCUT2D eigenvalue weighted by molar-refractivity contribution is 0.00826. The van der Waals surface area contributed by atoms with Crippen molar-refractivity contribution in [2.45, 2.75) is 52.0 Å². The highest BCUT2D eigenvalue weighted by Gasteiger charge is 2.42. The van der Waals surface area contributed by atoms with Crippen molar-refractivity contribution in [2.75, 3.05) is 19.8 Å².